The van der Waals surface area contributed by atoms with Crippen LogP contribution in [0.5, 0.6) is 0 Å². The van der Waals surface area contributed by atoms with E-state index in [-0.39, 0.29) is 11.8 Å². The van der Waals surface area contributed by atoms with E-state index < -0.39 is 6.10 Å². The van der Waals surface area contributed by atoms with Crippen molar-refractivity contribution in [3.8, 4) is 0 Å². The Morgan fingerprint density at radius 1 is 0.957 bits per heavy atom. The lowest BCUT2D eigenvalue weighted by Crippen LogP contribution is -2.51. The molecule has 2 heterocycles. The van der Waals surface area contributed by atoms with Gasteiger partial charge in [-0.15, -0.1) is 0 Å². The average Bonchev–Trinajstić information content (AvgIpc) is 3.15. The van der Waals surface area contributed by atoms with Gasteiger partial charge in [-0.05, 0) is 17.7 Å². The van der Waals surface area contributed by atoms with Crippen LogP contribution in [0.15, 0.2) is 53.1 Å². The fourth-order valence-electron chi connectivity index (χ4n) is 2.64. The number of amides is 2. The van der Waals surface area contributed by atoms with Crippen molar-refractivity contribution in [3.63, 3.8) is 0 Å². The molecule has 0 saturated carbocycles. The molecule has 1 N–H and O–H groups in total. The van der Waals surface area contributed by atoms with E-state index in [2.05, 4.69) is 0 Å². The molecule has 0 aliphatic carbocycles. The Hall–Kier alpha value is -2.60. The minimum absolute atomic E-state index is 0.175. The van der Waals surface area contributed by atoms with E-state index in [9.17, 15) is 14.7 Å². The first-order chi connectivity index (χ1) is 11.2. The standard InChI is InChI=1S/C17H18N2O4/c20-15(13-5-2-1-3-6-13)17(22)19-10-8-18(9-11-19)16(21)14-7-4-12-23-14/h1-7,12,15,20H,8-11H2. The lowest BCUT2D eigenvalue weighted by Gasteiger charge is -2.35. The van der Waals surface area contributed by atoms with Gasteiger partial charge < -0.3 is 19.3 Å². The number of furan rings is 1. The molecule has 1 saturated heterocycles. The fourth-order valence-corrected chi connectivity index (χ4v) is 2.64. The number of aliphatic hydroxyl groups excluding tert-OH is 1. The van der Waals surface area contributed by atoms with Gasteiger partial charge in [0.05, 0.1) is 6.26 Å². The molecule has 6 nitrogen and oxygen atoms in total. The highest BCUT2D eigenvalue weighted by Gasteiger charge is 2.29. The fraction of sp³-hybridized carbons (Fsp3) is 0.294. The normalized spacial score (nSPS) is 16.2. The summed E-state index contributed by atoms with van der Waals surface area (Å²) in [6, 6.07) is 12.1. The van der Waals surface area contributed by atoms with Crippen LogP contribution in [0, 0.1) is 0 Å². The monoisotopic (exact) mass is 314 g/mol. The molecule has 2 amide bonds. The molecule has 0 spiro atoms. The largest absolute Gasteiger partial charge is 0.459 e. The summed E-state index contributed by atoms with van der Waals surface area (Å²) < 4.78 is 5.11. The van der Waals surface area contributed by atoms with Crippen molar-refractivity contribution in [2.45, 2.75) is 6.10 Å². The number of aliphatic hydroxyl groups is 1. The number of hydrogen-bond donors (Lipinski definition) is 1. The van der Waals surface area contributed by atoms with E-state index in [1.807, 2.05) is 6.07 Å². The van der Waals surface area contributed by atoms with Crippen LogP contribution >= 0.6 is 0 Å². The molecule has 1 atom stereocenters. The first-order valence-corrected chi connectivity index (χ1v) is 7.51. The van der Waals surface area contributed by atoms with Gasteiger partial charge in [0.1, 0.15) is 0 Å². The van der Waals surface area contributed by atoms with Gasteiger partial charge in [-0.1, -0.05) is 30.3 Å². The van der Waals surface area contributed by atoms with Gasteiger partial charge in [0.15, 0.2) is 11.9 Å². The van der Waals surface area contributed by atoms with Crippen molar-refractivity contribution in [2.24, 2.45) is 0 Å². The lowest BCUT2D eigenvalue weighted by molar-refractivity contribution is -0.142. The highest BCUT2D eigenvalue weighted by Crippen LogP contribution is 2.17. The molecule has 2 aromatic rings. The minimum atomic E-state index is -1.16. The first kappa shape index (κ1) is 15.3. The average molecular weight is 314 g/mol. The van der Waals surface area contributed by atoms with Crippen molar-refractivity contribution < 1.29 is 19.1 Å². The van der Waals surface area contributed by atoms with Gasteiger partial charge >= 0.3 is 0 Å². The maximum Gasteiger partial charge on any atom is 0.289 e. The Morgan fingerprint density at radius 3 is 2.22 bits per heavy atom. The Balaban J connectivity index is 1.58. The van der Waals surface area contributed by atoms with E-state index in [0.717, 1.165) is 0 Å². The van der Waals surface area contributed by atoms with E-state index in [4.69, 9.17) is 4.42 Å². The zero-order chi connectivity index (χ0) is 16.2. The highest BCUT2D eigenvalue weighted by atomic mass is 16.3. The van der Waals surface area contributed by atoms with Crippen molar-refractivity contribution in [1.82, 2.24) is 9.80 Å². The summed E-state index contributed by atoms with van der Waals surface area (Å²) >= 11 is 0. The molecule has 1 aromatic carbocycles. The summed E-state index contributed by atoms with van der Waals surface area (Å²) in [4.78, 5) is 27.8. The molecular weight excluding hydrogens is 296 g/mol. The van der Waals surface area contributed by atoms with Gasteiger partial charge in [0.2, 0.25) is 0 Å². The zero-order valence-electron chi connectivity index (χ0n) is 12.6. The summed E-state index contributed by atoms with van der Waals surface area (Å²) in [5.41, 5.74) is 0.576. The quantitative estimate of drug-likeness (QED) is 0.926. The van der Waals surface area contributed by atoms with Crippen molar-refractivity contribution in [1.29, 1.82) is 0 Å². The number of piperazine rings is 1. The first-order valence-electron chi connectivity index (χ1n) is 7.51. The number of benzene rings is 1. The second-order valence-corrected chi connectivity index (χ2v) is 5.41. The van der Waals surface area contributed by atoms with Crippen LogP contribution in [0.25, 0.3) is 0 Å². The second kappa shape index (κ2) is 6.66. The Bertz CT molecular complexity index is 661. The highest BCUT2D eigenvalue weighted by molar-refractivity contribution is 5.91. The second-order valence-electron chi connectivity index (χ2n) is 5.41. The Labute approximate surface area is 133 Å². The molecule has 1 fully saturated rings. The topological polar surface area (TPSA) is 74.0 Å². The smallest absolute Gasteiger partial charge is 0.289 e. The molecule has 1 aromatic heterocycles. The van der Waals surface area contributed by atoms with Gasteiger partial charge in [0.25, 0.3) is 11.8 Å². The predicted octanol–water partition coefficient (Wildman–Crippen LogP) is 1.30. The number of hydrogen-bond acceptors (Lipinski definition) is 4. The number of carbonyl (C=O) groups excluding carboxylic acids is 2. The summed E-state index contributed by atoms with van der Waals surface area (Å²) in [7, 11) is 0. The zero-order valence-corrected chi connectivity index (χ0v) is 12.6. The van der Waals surface area contributed by atoms with Gasteiger partial charge in [-0.2, -0.15) is 0 Å². The van der Waals surface area contributed by atoms with Crippen LogP contribution < -0.4 is 0 Å². The minimum Gasteiger partial charge on any atom is -0.459 e. The third kappa shape index (κ3) is 3.27. The maximum atomic E-state index is 12.4. The van der Waals surface area contributed by atoms with E-state index in [1.54, 1.807) is 46.2 Å². The van der Waals surface area contributed by atoms with Crippen LogP contribution in [0.3, 0.4) is 0 Å². The van der Waals surface area contributed by atoms with Crippen LogP contribution in [-0.2, 0) is 4.79 Å². The third-order valence-corrected chi connectivity index (χ3v) is 3.96. The molecule has 1 unspecified atom stereocenters. The molecular formula is C17H18N2O4. The molecule has 0 radical (unpaired) electrons. The van der Waals surface area contributed by atoms with Gasteiger partial charge in [-0.3, -0.25) is 9.59 Å². The van der Waals surface area contributed by atoms with Crippen LogP contribution in [0.1, 0.15) is 22.2 Å². The van der Waals surface area contributed by atoms with E-state index in [1.165, 1.54) is 6.26 Å². The third-order valence-electron chi connectivity index (χ3n) is 3.96. The van der Waals surface area contributed by atoms with Gasteiger partial charge in [-0.25, -0.2) is 0 Å². The van der Waals surface area contributed by atoms with Crippen molar-refractivity contribution in [3.05, 3.63) is 60.1 Å². The molecule has 1 aliphatic heterocycles. The van der Waals surface area contributed by atoms with Crippen molar-refractivity contribution >= 4 is 11.8 Å². The molecule has 23 heavy (non-hydrogen) atoms. The SMILES string of the molecule is O=C(c1ccco1)N1CCN(C(=O)C(O)c2ccccc2)CC1. The maximum absolute atomic E-state index is 12.4. The molecule has 1 aliphatic rings. The van der Waals surface area contributed by atoms with Crippen molar-refractivity contribution in [2.75, 3.05) is 26.2 Å². The molecule has 120 valence electrons. The lowest BCUT2D eigenvalue weighted by atomic mass is 10.1. The number of nitrogens with zero attached hydrogens (tertiary/aromatic N) is 2. The molecule has 3 rings (SSSR count). The summed E-state index contributed by atoms with van der Waals surface area (Å²) in [6.45, 7) is 1.64. The summed E-state index contributed by atoms with van der Waals surface area (Å²) in [5, 5.41) is 10.2. The predicted molar refractivity (Wildman–Crippen MR) is 82.6 cm³/mol. The van der Waals surface area contributed by atoms with E-state index in [0.29, 0.717) is 37.5 Å². The van der Waals surface area contributed by atoms with Crippen LogP contribution in [0.4, 0.5) is 0 Å². The molecule has 6 heteroatoms. The molecule has 0 bridgehead atoms. The summed E-state index contributed by atoms with van der Waals surface area (Å²) in [5.74, 6) is -0.207. The van der Waals surface area contributed by atoms with Crippen LogP contribution in [-0.4, -0.2) is 52.9 Å². The van der Waals surface area contributed by atoms with Crippen LogP contribution in [0.2, 0.25) is 0 Å². The Kier molecular flexibility index (Phi) is 4.43. The van der Waals surface area contributed by atoms with Gasteiger partial charge in [0, 0.05) is 26.2 Å². The van der Waals surface area contributed by atoms with E-state index >= 15 is 0 Å². The Morgan fingerprint density at radius 2 is 1.61 bits per heavy atom. The number of rotatable bonds is 3. The summed E-state index contributed by atoms with van der Waals surface area (Å²) in [6.07, 6.45) is 0.298. The number of carbonyl (C=O) groups is 2.